The second-order valence-corrected chi connectivity index (χ2v) is 6.51. The maximum Gasteiger partial charge on any atom is 0.274 e. The van der Waals surface area contributed by atoms with Crippen molar-refractivity contribution in [1.82, 2.24) is 24.8 Å². The highest BCUT2D eigenvalue weighted by atomic mass is 35.5. The number of likely N-dealkylation sites (tertiary alicyclic amines) is 1. The SMILES string of the molecule is O=C(c1cnnn1-c1ccccc1Cl)N1CC[C@@H](N2CC=CC2)C1. The van der Waals surface area contributed by atoms with Gasteiger partial charge >= 0.3 is 0 Å². The van der Waals surface area contributed by atoms with Crippen LogP contribution in [-0.4, -0.2) is 62.9 Å². The van der Waals surface area contributed by atoms with Gasteiger partial charge in [-0.25, -0.2) is 4.68 Å². The monoisotopic (exact) mass is 343 g/mol. The molecule has 24 heavy (non-hydrogen) atoms. The van der Waals surface area contributed by atoms with Crippen molar-refractivity contribution in [3.8, 4) is 5.69 Å². The summed E-state index contributed by atoms with van der Waals surface area (Å²) in [6.45, 7) is 3.46. The Bertz CT molecular complexity index is 779. The fourth-order valence-corrected chi connectivity index (χ4v) is 3.58. The van der Waals surface area contributed by atoms with Crippen molar-refractivity contribution in [2.75, 3.05) is 26.2 Å². The van der Waals surface area contributed by atoms with Crippen molar-refractivity contribution in [1.29, 1.82) is 0 Å². The van der Waals surface area contributed by atoms with Gasteiger partial charge in [-0.2, -0.15) is 0 Å². The van der Waals surface area contributed by atoms with Crippen LogP contribution in [0.4, 0.5) is 0 Å². The van der Waals surface area contributed by atoms with Gasteiger partial charge in [0.2, 0.25) is 0 Å². The number of benzene rings is 1. The lowest BCUT2D eigenvalue weighted by atomic mass is 10.2. The Labute approximate surface area is 145 Å². The maximum atomic E-state index is 12.9. The van der Waals surface area contributed by atoms with E-state index in [-0.39, 0.29) is 5.91 Å². The van der Waals surface area contributed by atoms with E-state index in [9.17, 15) is 4.79 Å². The summed E-state index contributed by atoms with van der Waals surface area (Å²) in [7, 11) is 0. The first-order valence-electron chi connectivity index (χ1n) is 8.08. The molecule has 1 aromatic heterocycles. The fourth-order valence-electron chi connectivity index (χ4n) is 3.36. The van der Waals surface area contributed by atoms with E-state index in [1.807, 2.05) is 23.1 Å². The second kappa shape index (κ2) is 6.37. The van der Waals surface area contributed by atoms with Crippen molar-refractivity contribution < 1.29 is 4.79 Å². The van der Waals surface area contributed by atoms with Crippen LogP contribution >= 0.6 is 11.6 Å². The van der Waals surface area contributed by atoms with E-state index in [1.54, 1.807) is 6.07 Å². The summed E-state index contributed by atoms with van der Waals surface area (Å²) in [5, 5.41) is 8.51. The van der Waals surface area contributed by atoms with Crippen LogP contribution in [0.2, 0.25) is 5.02 Å². The van der Waals surface area contributed by atoms with Gasteiger partial charge in [-0.1, -0.05) is 41.1 Å². The molecule has 7 heteroatoms. The number of aromatic nitrogens is 3. The van der Waals surface area contributed by atoms with Crippen LogP contribution in [-0.2, 0) is 0 Å². The van der Waals surface area contributed by atoms with Crippen molar-refractivity contribution in [3.63, 3.8) is 0 Å². The first-order chi connectivity index (χ1) is 11.7. The predicted molar refractivity (Wildman–Crippen MR) is 91.4 cm³/mol. The molecule has 0 unspecified atom stereocenters. The molecule has 1 fully saturated rings. The van der Waals surface area contributed by atoms with Gasteiger partial charge in [-0.05, 0) is 18.6 Å². The van der Waals surface area contributed by atoms with Gasteiger partial charge in [0.25, 0.3) is 5.91 Å². The summed E-state index contributed by atoms with van der Waals surface area (Å²) in [6, 6.07) is 7.74. The van der Waals surface area contributed by atoms with E-state index in [1.165, 1.54) is 10.9 Å². The van der Waals surface area contributed by atoms with Crippen LogP contribution in [0.1, 0.15) is 16.9 Å². The standard InChI is InChI=1S/C17H18ClN5O/c18-14-5-1-2-6-15(14)23-16(11-19-20-23)17(24)22-10-7-13(12-22)21-8-3-4-9-21/h1-6,11,13H,7-10,12H2/t13-/m1/s1. The summed E-state index contributed by atoms with van der Waals surface area (Å²) in [6.07, 6.45) is 6.87. The van der Waals surface area contributed by atoms with Crippen LogP contribution in [0.15, 0.2) is 42.6 Å². The number of nitrogens with zero attached hydrogens (tertiary/aromatic N) is 5. The molecule has 6 nitrogen and oxygen atoms in total. The summed E-state index contributed by atoms with van der Waals surface area (Å²) in [4.78, 5) is 17.2. The van der Waals surface area contributed by atoms with E-state index in [0.717, 1.165) is 32.6 Å². The van der Waals surface area contributed by atoms with Gasteiger partial charge in [0.05, 0.1) is 16.9 Å². The number of para-hydroxylation sites is 1. The molecule has 1 saturated heterocycles. The van der Waals surface area contributed by atoms with Crippen LogP contribution in [0, 0.1) is 0 Å². The molecular weight excluding hydrogens is 326 g/mol. The summed E-state index contributed by atoms with van der Waals surface area (Å²) in [5.74, 6) is -0.0467. The molecule has 1 amide bonds. The third-order valence-electron chi connectivity index (χ3n) is 4.66. The number of carbonyl (C=O) groups is 1. The Morgan fingerprint density at radius 3 is 2.79 bits per heavy atom. The molecule has 124 valence electrons. The molecule has 0 N–H and O–H groups in total. The Morgan fingerprint density at radius 2 is 2.00 bits per heavy atom. The highest BCUT2D eigenvalue weighted by molar-refractivity contribution is 6.32. The fraction of sp³-hybridized carbons (Fsp3) is 0.353. The predicted octanol–water partition coefficient (Wildman–Crippen LogP) is 2.01. The number of hydrogen-bond acceptors (Lipinski definition) is 4. The van der Waals surface area contributed by atoms with Crippen LogP contribution < -0.4 is 0 Å². The van der Waals surface area contributed by atoms with Gasteiger partial charge in [-0.3, -0.25) is 9.69 Å². The van der Waals surface area contributed by atoms with Gasteiger partial charge in [-0.15, -0.1) is 5.10 Å². The first kappa shape index (κ1) is 15.4. The topological polar surface area (TPSA) is 54.3 Å². The minimum Gasteiger partial charge on any atom is -0.336 e. The van der Waals surface area contributed by atoms with Gasteiger partial charge in [0.15, 0.2) is 5.69 Å². The summed E-state index contributed by atoms with van der Waals surface area (Å²) >= 11 is 6.23. The number of hydrogen-bond donors (Lipinski definition) is 0. The first-order valence-corrected chi connectivity index (χ1v) is 8.46. The molecule has 1 aromatic carbocycles. The van der Waals surface area contributed by atoms with E-state index in [0.29, 0.717) is 22.4 Å². The normalized spacial score (nSPS) is 20.9. The highest BCUT2D eigenvalue weighted by Crippen LogP contribution is 2.23. The van der Waals surface area contributed by atoms with Gasteiger partial charge in [0, 0.05) is 32.2 Å². The van der Waals surface area contributed by atoms with Gasteiger partial charge < -0.3 is 4.90 Å². The third-order valence-corrected chi connectivity index (χ3v) is 4.98. The maximum absolute atomic E-state index is 12.9. The molecule has 1 atom stereocenters. The van der Waals surface area contributed by atoms with Crippen molar-refractivity contribution in [3.05, 3.63) is 53.3 Å². The van der Waals surface area contributed by atoms with Crippen LogP contribution in [0.3, 0.4) is 0 Å². The molecule has 4 rings (SSSR count). The van der Waals surface area contributed by atoms with E-state index in [2.05, 4.69) is 27.4 Å². The minimum absolute atomic E-state index is 0.0467. The van der Waals surface area contributed by atoms with E-state index in [4.69, 9.17) is 11.6 Å². The highest BCUT2D eigenvalue weighted by Gasteiger charge is 2.32. The van der Waals surface area contributed by atoms with Gasteiger partial charge in [0.1, 0.15) is 0 Å². The smallest absolute Gasteiger partial charge is 0.274 e. The zero-order chi connectivity index (χ0) is 16.5. The lowest BCUT2D eigenvalue weighted by Gasteiger charge is -2.23. The number of halogens is 1. The number of rotatable bonds is 3. The molecule has 2 aromatic rings. The lowest BCUT2D eigenvalue weighted by Crippen LogP contribution is -2.37. The molecule has 0 radical (unpaired) electrons. The summed E-state index contributed by atoms with van der Waals surface area (Å²) < 4.78 is 1.52. The average Bonchev–Trinajstić information content (AvgIpc) is 3.34. The Balaban J connectivity index is 1.54. The van der Waals surface area contributed by atoms with Crippen LogP contribution in [0.25, 0.3) is 5.69 Å². The molecule has 0 bridgehead atoms. The number of carbonyl (C=O) groups excluding carboxylic acids is 1. The zero-order valence-electron chi connectivity index (χ0n) is 13.2. The van der Waals surface area contributed by atoms with Crippen molar-refractivity contribution >= 4 is 17.5 Å². The Kier molecular flexibility index (Phi) is 4.08. The number of amides is 1. The lowest BCUT2D eigenvalue weighted by molar-refractivity contribution is 0.0771. The quantitative estimate of drug-likeness (QED) is 0.800. The molecule has 2 aliphatic rings. The van der Waals surface area contributed by atoms with Crippen LogP contribution in [0.5, 0.6) is 0 Å². The summed E-state index contributed by atoms with van der Waals surface area (Å²) in [5.41, 5.74) is 1.11. The van der Waals surface area contributed by atoms with Crippen molar-refractivity contribution in [2.24, 2.45) is 0 Å². The zero-order valence-corrected chi connectivity index (χ0v) is 13.9. The van der Waals surface area contributed by atoms with E-state index >= 15 is 0 Å². The van der Waals surface area contributed by atoms with E-state index < -0.39 is 0 Å². The molecule has 2 aliphatic heterocycles. The van der Waals surface area contributed by atoms with Crippen molar-refractivity contribution in [2.45, 2.75) is 12.5 Å². The Morgan fingerprint density at radius 1 is 1.21 bits per heavy atom. The molecule has 0 spiro atoms. The molecular formula is C17H18ClN5O. The largest absolute Gasteiger partial charge is 0.336 e. The Hall–Kier alpha value is -2.18. The second-order valence-electron chi connectivity index (χ2n) is 6.10. The average molecular weight is 344 g/mol. The molecule has 0 aliphatic carbocycles. The molecule has 0 saturated carbocycles. The third kappa shape index (κ3) is 2.72. The minimum atomic E-state index is -0.0467. The molecule has 3 heterocycles.